The summed E-state index contributed by atoms with van der Waals surface area (Å²) in [6, 6.07) is 0.367. The monoisotopic (exact) mass is 196 g/mol. The van der Waals surface area contributed by atoms with Crippen molar-refractivity contribution in [1.29, 1.82) is 0 Å². The van der Waals surface area contributed by atoms with Crippen LogP contribution in [0.1, 0.15) is 33.1 Å². The van der Waals surface area contributed by atoms with Crippen molar-refractivity contribution in [1.82, 2.24) is 4.90 Å². The minimum atomic E-state index is 0.367. The smallest absolute Gasteiger partial charge is 0.0190 e. The van der Waals surface area contributed by atoms with Gasteiger partial charge in [0, 0.05) is 12.6 Å². The van der Waals surface area contributed by atoms with Crippen LogP contribution in [0.25, 0.3) is 0 Å². The Morgan fingerprint density at radius 1 is 1.50 bits per heavy atom. The summed E-state index contributed by atoms with van der Waals surface area (Å²) < 4.78 is 0. The van der Waals surface area contributed by atoms with Gasteiger partial charge in [0.05, 0.1) is 0 Å². The van der Waals surface area contributed by atoms with Crippen molar-refractivity contribution in [2.24, 2.45) is 11.7 Å². The summed E-state index contributed by atoms with van der Waals surface area (Å²) in [5.41, 5.74) is 7.26. The summed E-state index contributed by atoms with van der Waals surface area (Å²) in [7, 11) is 0. The van der Waals surface area contributed by atoms with Crippen LogP contribution in [0.2, 0.25) is 0 Å². The SMILES string of the molecule is C=C(CC)CN1CCC(C(C)N)CC1. The van der Waals surface area contributed by atoms with Gasteiger partial charge in [-0.05, 0) is 45.2 Å². The number of hydrogen-bond acceptors (Lipinski definition) is 2. The van der Waals surface area contributed by atoms with Crippen molar-refractivity contribution in [2.45, 2.75) is 39.2 Å². The fraction of sp³-hybridized carbons (Fsp3) is 0.833. The maximum atomic E-state index is 5.90. The number of nitrogens with two attached hydrogens (primary N) is 1. The van der Waals surface area contributed by atoms with Crippen molar-refractivity contribution in [3.8, 4) is 0 Å². The highest BCUT2D eigenvalue weighted by Gasteiger charge is 2.21. The fourth-order valence-electron chi connectivity index (χ4n) is 2.06. The van der Waals surface area contributed by atoms with E-state index in [2.05, 4.69) is 25.3 Å². The lowest BCUT2D eigenvalue weighted by molar-refractivity contribution is 0.183. The summed E-state index contributed by atoms with van der Waals surface area (Å²) >= 11 is 0. The molecule has 0 bridgehead atoms. The van der Waals surface area contributed by atoms with E-state index in [0.29, 0.717) is 6.04 Å². The molecule has 1 rings (SSSR count). The van der Waals surface area contributed by atoms with E-state index in [1.807, 2.05) is 0 Å². The lowest BCUT2D eigenvalue weighted by atomic mass is 9.91. The van der Waals surface area contributed by atoms with Crippen LogP contribution in [-0.2, 0) is 0 Å². The summed E-state index contributed by atoms with van der Waals surface area (Å²) in [4.78, 5) is 2.50. The number of hydrogen-bond donors (Lipinski definition) is 1. The van der Waals surface area contributed by atoms with Crippen LogP contribution < -0.4 is 5.73 Å². The molecule has 2 nitrogen and oxygen atoms in total. The van der Waals surface area contributed by atoms with E-state index in [1.54, 1.807) is 0 Å². The van der Waals surface area contributed by atoms with Crippen LogP contribution in [0, 0.1) is 5.92 Å². The molecular weight excluding hydrogens is 172 g/mol. The van der Waals surface area contributed by atoms with Gasteiger partial charge in [-0.15, -0.1) is 0 Å². The van der Waals surface area contributed by atoms with Crippen LogP contribution >= 0.6 is 0 Å². The van der Waals surface area contributed by atoms with E-state index in [1.165, 1.54) is 31.5 Å². The van der Waals surface area contributed by atoms with Crippen molar-refractivity contribution in [3.63, 3.8) is 0 Å². The normalized spacial score (nSPS) is 22.2. The standard InChI is InChI=1S/C12H24N2/c1-4-10(2)9-14-7-5-12(6-8-14)11(3)13/h11-12H,2,4-9,13H2,1,3H3. The van der Waals surface area contributed by atoms with Gasteiger partial charge in [0.15, 0.2) is 0 Å². The summed E-state index contributed by atoms with van der Waals surface area (Å²) in [6.45, 7) is 11.8. The van der Waals surface area contributed by atoms with E-state index >= 15 is 0 Å². The first-order chi connectivity index (χ1) is 6.63. The summed E-state index contributed by atoms with van der Waals surface area (Å²) in [5.74, 6) is 0.737. The Bertz CT molecular complexity index is 179. The quantitative estimate of drug-likeness (QED) is 0.697. The van der Waals surface area contributed by atoms with E-state index < -0.39 is 0 Å². The van der Waals surface area contributed by atoms with Gasteiger partial charge in [-0.2, -0.15) is 0 Å². The molecule has 0 spiro atoms. The Morgan fingerprint density at radius 3 is 2.50 bits per heavy atom. The van der Waals surface area contributed by atoms with Crippen LogP contribution in [0.4, 0.5) is 0 Å². The van der Waals surface area contributed by atoms with Gasteiger partial charge < -0.3 is 5.73 Å². The highest BCUT2D eigenvalue weighted by Crippen LogP contribution is 2.20. The zero-order valence-corrected chi connectivity index (χ0v) is 9.63. The Labute approximate surface area is 88.2 Å². The predicted molar refractivity (Wildman–Crippen MR) is 62.2 cm³/mol. The molecule has 1 unspecified atom stereocenters. The highest BCUT2D eigenvalue weighted by atomic mass is 15.1. The molecule has 0 radical (unpaired) electrons. The molecule has 0 aliphatic carbocycles. The number of nitrogens with zero attached hydrogens (tertiary/aromatic N) is 1. The number of rotatable bonds is 4. The molecule has 0 aromatic rings. The van der Waals surface area contributed by atoms with Crippen LogP contribution in [0.3, 0.4) is 0 Å². The first-order valence-electron chi connectivity index (χ1n) is 5.78. The average Bonchev–Trinajstić information content (AvgIpc) is 2.18. The first-order valence-corrected chi connectivity index (χ1v) is 5.78. The van der Waals surface area contributed by atoms with E-state index in [0.717, 1.165) is 18.9 Å². The minimum Gasteiger partial charge on any atom is -0.328 e. The molecule has 1 aliphatic rings. The zero-order chi connectivity index (χ0) is 10.6. The minimum absolute atomic E-state index is 0.367. The van der Waals surface area contributed by atoms with E-state index in [9.17, 15) is 0 Å². The molecule has 0 aromatic heterocycles. The van der Waals surface area contributed by atoms with Gasteiger partial charge in [0.25, 0.3) is 0 Å². The molecule has 2 N–H and O–H groups in total. The van der Waals surface area contributed by atoms with Gasteiger partial charge in [0.1, 0.15) is 0 Å². The second kappa shape index (κ2) is 5.52. The largest absolute Gasteiger partial charge is 0.328 e. The molecule has 2 heteroatoms. The molecule has 82 valence electrons. The molecule has 0 amide bonds. The molecule has 1 heterocycles. The molecular formula is C12H24N2. The highest BCUT2D eigenvalue weighted by molar-refractivity contribution is 4.96. The molecule has 0 aromatic carbocycles. The lowest BCUT2D eigenvalue weighted by Crippen LogP contribution is -2.40. The maximum absolute atomic E-state index is 5.90. The number of likely N-dealkylation sites (tertiary alicyclic amines) is 1. The topological polar surface area (TPSA) is 29.3 Å². The zero-order valence-electron chi connectivity index (χ0n) is 9.63. The van der Waals surface area contributed by atoms with Crippen LogP contribution in [0.5, 0.6) is 0 Å². The fourth-order valence-corrected chi connectivity index (χ4v) is 2.06. The third kappa shape index (κ3) is 3.43. The van der Waals surface area contributed by atoms with Gasteiger partial charge in [0.2, 0.25) is 0 Å². The average molecular weight is 196 g/mol. The van der Waals surface area contributed by atoms with Gasteiger partial charge in [-0.25, -0.2) is 0 Å². The van der Waals surface area contributed by atoms with Crippen molar-refractivity contribution < 1.29 is 0 Å². The molecule has 1 fully saturated rings. The molecule has 1 saturated heterocycles. The lowest BCUT2D eigenvalue weighted by Gasteiger charge is -2.33. The van der Waals surface area contributed by atoms with Gasteiger partial charge in [-0.3, -0.25) is 4.90 Å². The van der Waals surface area contributed by atoms with Gasteiger partial charge in [-0.1, -0.05) is 19.1 Å². The van der Waals surface area contributed by atoms with Crippen molar-refractivity contribution >= 4 is 0 Å². The Kier molecular flexibility index (Phi) is 4.63. The molecule has 14 heavy (non-hydrogen) atoms. The molecule has 1 atom stereocenters. The summed E-state index contributed by atoms with van der Waals surface area (Å²) in [5, 5.41) is 0. The Balaban J connectivity index is 2.25. The van der Waals surface area contributed by atoms with Crippen molar-refractivity contribution in [3.05, 3.63) is 12.2 Å². The maximum Gasteiger partial charge on any atom is 0.0190 e. The van der Waals surface area contributed by atoms with Crippen molar-refractivity contribution in [2.75, 3.05) is 19.6 Å². The molecule has 1 aliphatic heterocycles. The second-order valence-corrected chi connectivity index (χ2v) is 4.58. The van der Waals surface area contributed by atoms with Crippen LogP contribution in [-0.4, -0.2) is 30.6 Å². The summed E-state index contributed by atoms with van der Waals surface area (Å²) in [6.07, 6.45) is 3.62. The third-order valence-corrected chi connectivity index (χ3v) is 3.32. The van der Waals surface area contributed by atoms with E-state index in [4.69, 9.17) is 5.73 Å². The Hall–Kier alpha value is -0.340. The Morgan fingerprint density at radius 2 is 2.07 bits per heavy atom. The first kappa shape index (κ1) is 11.7. The predicted octanol–water partition coefficient (Wildman–Crippen LogP) is 2.01. The number of piperidine rings is 1. The van der Waals surface area contributed by atoms with E-state index in [-0.39, 0.29) is 0 Å². The van der Waals surface area contributed by atoms with Gasteiger partial charge >= 0.3 is 0 Å². The third-order valence-electron chi connectivity index (χ3n) is 3.32. The second-order valence-electron chi connectivity index (χ2n) is 4.58. The molecule has 0 saturated carbocycles. The van der Waals surface area contributed by atoms with Crippen LogP contribution in [0.15, 0.2) is 12.2 Å².